The van der Waals surface area contributed by atoms with Gasteiger partial charge in [-0.05, 0) is 33.4 Å². The first-order chi connectivity index (χ1) is 5.54. The number of rotatable bonds is 6. The van der Waals surface area contributed by atoms with Crippen molar-refractivity contribution < 1.29 is 4.79 Å². The van der Waals surface area contributed by atoms with E-state index < -0.39 is 0 Å². The molecule has 0 radical (unpaired) electrons. The number of nitrogens with one attached hydrogen (secondary N) is 1. The first-order valence-corrected chi connectivity index (χ1v) is 4.53. The van der Waals surface area contributed by atoms with Crippen LogP contribution in [0.2, 0.25) is 0 Å². The SMILES string of the molecule is CCC(=O)C(C)(C)NCCCN. The van der Waals surface area contributed by atoms with Crippen LogP contribution < -0.4 is 11.1 Å². The van der Waals surface area contributed by atoms with Crippen molar-refractivity contribution in [2.24, 2.45) is 5.73 Å². The van der Waals surface area contributed by atoms with Crippen LogP contribution in [0, 0.1) is 0 Å². The lowest BCUT2D eigenvalue weighted by Gasteiger charge is -2.24. The fraction of sp³-hybridized carbons (Fsp3) is 0.889. The van der Waals surface area contributed by atoms with Crippen LogP contribution in [0.5, 0.6) is 0 Å². The van der Waals surface area contributed by atoms with E-state index in [0.29, 0.717) is 13.0 Å². The lowest BCUT2D eigenvalue weighted by molar-refractivity contribution is -0.123. The molecular weight excluding hydrogens is 152 g/mol. The van der Waals surface area contributed by atoms with Crippen molar-refractivity contribution in [2.45, 2.75) is 39.2 Å². The topological polar surface area (TPSA) is 55.1 Å². The monoisotopic (exact) mass is 172 g/mol. The van der Waals surface area contributed by atoms with Crippen LogP contribution in [-0.2, 0) is 4.79 Å². The Morgan fingerprint density at radius 1 is 1.50 bits per heavy atom. The van der Waals surface area contributed by atoms with E-state index in [4.69, 9.17) is 5.73 Å². The average Bonchev–Trinajstić information content (AvgIpc) is 2.03. The van der Waals surface area contributed by atoms with Crippen LogP contribution in [-0.4, -0.2) is 24.4 Å². The van der Waals surface area contributed by atoms with Gasteiger partial charge < -0.3 is 11.1 Å². The molecule has 0 saturated carbocycles. The summed E-state index contributed by atoms with van der Waals surface area (Å²) < 4.78 is 0. The zero-order chi connectivity index (χ0) is 9.61. The van der Waals surface area contributed by atoms with Crippen LogP contribution in [0.1, 0.15) is 33.6 Å². The Morgan fingerprint density at radius 3 is 2.50 bits per heavy atom. The van der Waals surface area contributed by atoms with E-state index in [0.717, 1.165) is 13.0 Å². The highest BCUT2D eigenvalue weighted by Crippen LogP contribution is 2.05. The van der Waals surface area contributed by atoms with E-state index in [9.17, 15) is 4.79 Å². The molecule has 0 amide bonds. The molecule has 0 aliphatic rings. The molecule has 0 aromatic carbocycles. The Bertz CT molecular complexity index is 143. The predicted octanol–water partition coefficient (Wildman–Crippen LogP) is 0.683. The summed E-state index contributed by atoms with van der Waals surface area (Å²) in [5, 5.41) is 3.18. The molecule has 0 rings (SSSR count). The van der Waals surface area contributed by atoms with Crippen molar-refractivity contribution in [1.29, 1.82) is 0 Å². The highest BCUT2D eigenvalue weighted by atomic mass is 16.1. The Labute approximate surface area is 74.7 Å². The van der Waals surface area contributed by atoms with Gasteiger partial charge in [-0.2, -0.15) is 0 Å². The van der Waals surface area contributed by atoms with Crippen molar-refractivity contribution in [3.63, 3.8) is 0 Å². The quantitative estimate of drug-likeness (QED) is 0.579. The van der Waals surface area contributed by atoms with Gasteiger partial charge >= 0.3 is 0 Å². The molecule has 12 heavy (non-hydrogen) atoms. The van der Waals surface area contributed by atoms with E-state index in [2.05, 4.69) is 5.32 Å². The minimum absolute atomic E-state index is 0.250. The van der Waals surface area contributed by atoms with Gasteiger partial charge in [0.05, 0.1) is 5.54 Å². The second kappa shape index (κ2) is 5.27. The van der Waals surface area contributed by atoms with Gasteiger partial charge in [-0.15, -0.1) is 0 Å². The lowest BCUT2D eigenvalue weighted by atomic mass is 9.97. The van der Waals surface area contributed by atoms with Gasteiger partial charge in [-0.3, -0.25) is 4.79 Å². The molecule has 0 aliphatic heterocycles. The molecule has 0 aromatic rings. The zero-order valence-electron chi connectivity index (χ0n) is 8.31. The van der Waals surface area contributed by atoms with Crippen LogP contribution >= 0.6 is 0 Å². The summed E-state index contributed by atoms with van der Waals surface area (Å²) in [4.78, 5) is 11.3. The first kappa shape index (κ1) is 11.6. The molecule has 0 aliphatic carbocycles. The molecule has 3 heteroatoms. The maximum absolute atomic E-state index is 11.3. The molecule has 0 atom stereocenters. The highest BCUT2D eigenvalue weighted by molar-refractivity contribution is 5.87. The maximum Gasteiger partial charge on any atom is 0.152 e. The number of Topliss-reactive ketones (excluding diaryl/α,β-unsaturated/α-hetero) is 1. The van der Waals surface area contributed by atoms with Gasteiger partial charge in [0.25, 0.3) is 0 Å². The summed E-state index contributed by atoms with van der Waals surface area (Å²) in [7, 11) is 0. The van der Waals surface area contributed by atoms with E-state index in [1.807, 2.05) is 20.8 Å². The summed E-state index contributed by atoms with van der Waals surface area (Å²) in [6.07, 6.45) is 1.50. The Balaban J connectivity index is 3.78. The lowest BCUT2D eigenvalue weighted by Crippen LogP contribution is -2.47. The third-order valence-electron chi connectivity index (χ3n) is 1.97. The maximum atomic E-state index is 11.3. The van der Waals surface area contributed by atoms with Gasteiger partial charge in [0.2, 0.25) is 0 Å². The van der Waals surface area contributed by atoms with Gasteiger partial charge in [0, 0.05) is 6.42 Å². The zero-order valence-corrected chi connectivity index (χ0v) is 8.31. The molecule has 0 aromatic heterocycles. The molecule has 3 nitrogen and oxygen atoms in total. The number of nitrogens with two attached hydrogens (primary N) is 1. The van der Waals surface area contributed by atoms with Crippen LogP contribution in [0.15, 0.2) is 0 Å². The van der Waals surface area contributed by atoms with Gasteiger partial charge in [-0.25, -0.2) is 0 Å². The van der Waals surface area contributed by atoms with Crippen LogP contribution in [0.3, 0.4) is 0 Å². The van der Waals surface area contributed by atoms with Crippen molar-refractivity contribution in [3.05, 3.63) is 0 Å². The van der Waals surface area contributed by atoms with Crippen molar-refractivity contribution in [1.82, 2.24) is 5.32 Å². The van der Waals surface area contributed by atoms with Crippen molar-refractivity contribution in [3.8, 4) is 0 Å². The number of ketones is 1. The predicted molar refractivity (Wildman–Crippen MR) is 51.1 cm³/mol. The van der Waals surface area contributed by atoms with Crippen molar-refractivity contribution in [2.75, 3.05) is 13.1 Å². The largest absolute Gasteiger partial charge is 0.330 e. The van der Waals surface area contributed by atoms with Crippen molar-refractivity contribution >= 4 is 5.78 Å². The van der Waals surface area contributed by atoms with E-state index in [1.165, 1.54) is 0 Å². The summed E-state index contributed by atoms with van der Waals surface area (Å²) in [6, 6.07) is 0. The van der Waals surface area contributed by atoms with Gasteiger partial charge in [-0.1, -0.05) is 6.92 Å². The fourth-order valence-corrected chi connectivity index (χ4v) is 1.04. The van der Waals surface area contributed by atoms with E-state index in [1.54, 1.807) is 0 Å². The van der Waals surface area contributed by atoms with E-state index in [-0.39, 0.29) is 11.3 Å². The molecule has 0 fully saturated rings. The van der Waals surface area contributed by atoms with Gasteiger partial charge in [0.1, 0.15) is 0 Å². The second-order valence-electron chi connectivity index (χ2n) is 3.47. The fourth-order valence-electron chi connectivity index (χ4n) is 1.04. The summed E-state index contributed by atoms with van der Waals surface area (Å²) >= 11 is 0. The number of carbonyl (C=O) groups excluding carboxylic acids is 1. The highest BCUT2D eigenvalue weighted by Gasteiger charge is 2.23. The summed E-state index contributed by atoms with van der Waals surface area (Å²) in [6.45, 7) is 7.19. The molecule has 0 unspecified atom stereocenters. The minimum atomic E-state index is -0.385. The smallest absolute Gasteiger partial charge is 0.152 e. The Hall–Kier alpha value is -0.410. The number of hydrogen-bond acceptors (Lipinski definition) is 3. The standard InChI is InChI=1S/C9H20N2O/c1-4-8(12)9(2,3)11-7-5-6-10/h11H,4-7,10H2,1-3H3. The van der Waals surface area contributed by atoms with Crippen LogP contribution in [0.4, 0.5) is 0 Å². The first-order valence-electron chi connectivity index (χ1n) is 4.53. The molecular formula is C9H20N2O. The Morgan fingerprint density at radius 2 is 2.08 bits per heavy atom. The molecule has 0 spiro atoms. The average molecular weight is 172 g/mol. The summed E-state index contributed by atoms with van der Waals surface area (Å²) in [5.41, 5.74) is 4.96. The third-order valence-corrected chi connectivity index (χ3v) is 1.97. The van der Waals surface area contributed by atoms with Gasteiger partial charge in [0.15, 0.2) is 5.78 Å². The molecule has 0 bridgehead atoms. The molecule has 0 heterocycles. The van der Waals surface area contributed by atoms with Crippen LogP contribution in [0.25, 0.3) is 0 Å². The third kappa shape index (κ3) is 3.83. The molecule has 0 saturated heterocycles. The molecule has 3 N–H and O–H groups in total. The minimum Gasteiger partial charge on any atom is -0.330 e. The summed E-state index contributed by atoms with van der Waals surface area (Å²) in [5.74, 6) is 0.250. The van der Waals surface area contributed by atoms with E-state index >= 15 is 0 Å². The molecule has 72 valence electrons. The number of carbonyl (C=O) groups is 1. The number of hydrogen-bond donors (Lipinski definition) is 2. The normalized spacial score (nSPS) is 11.7. The Kier molecular flexibility index (Phi) is 5.09. The second-order valence-corrected chi connectivity index (χ2v) is 3.47.